The molecule has 19 heavy (non-hydrogen) atoms. The lowest BCUT2D eigenvalue weighted by Gasteiger charge is -2.22. The molecule has 0 bridgehead atoms. The van der Waals surface area contributed by atoms with Crippen LogP contribution in [0.5, 0.6) is 0 Å². The van der Waals surface area contributed by atoms with Crippen molar-refractivity contribution in [2.45, 2.75) is 32.4 Å². The summed E-state index contributed by atoms with van der Waals surface area (Å²) in [6.45, 7) is 2.81. The summed E-state index contributed by atoms with van der Waals surface area (Å²) < 4.78 is 1.98. The zero-order chi connectivity index (χ0) is 13.6. The molecule has 5 nitrogen and oxygen atoms in total. The molecule has 100 valence electrons. The third kappa shape index (κ3) is 1.97. The highest BCUT2D eigenvalue weighted by Gasteiger charge is 2.29. The molecule has 2 aromatic rings. The second kappa shape index (κ2) is 4.47. The Morgan fingerprint density at radius 1 is 1.58 bits per heavy atom. The highest BCUT2D eigenvalue weighted by atomic mass is 32.1. The number of aryl methyl sites for hydroxylation is 1. The predicted molar refractivity (Wildman–Crippen MR) is 73.4 cm³/mol. The van der Waals surface area contributed by atoms with Gasteiger partial charge < -0.3 is 15.4 Å². The van der Waals surface area contributed by atoms with Gasteiger partial charge in [-0.1, -0.05) is 0 Å². The summed E-state index contributed by atoms with van der Waals surface area (Å²) >= 11 is 1.62. The first-order valence-corrected chi connectivity index (χ1v) is 7.05. The minimum Gasteiger partial charge on any atom is -0.476 e. The molecule has 1 unspecified atom stereocenters. The molecule has 0 aromatic carbocycles. The molecule has 0 saturated heterocycles. The molecule has 3 N–H and O–H groups in total. The van der Waals surface area contributed by atoms with Gasteiger partial charge in [0.25, 0.3) is 0 Å². The monoisotopic (exact) mass is 277 g/mol. The lowest BCUT2D eigenvalue weighted by atomic mass is 10.0. The van der Waals surface area contributed by atoms with Crippen molar-refractivity contribution in [3.05, 3.63) is 28.4 Å². The normalized spacial score (nSPS) is 18.3. The number of carboxylic acids is 1. The van der Waals surface area contributed by atoms with Crippen LogP contribution in [0.3, 0.4) is 0 Å². The second-order valence-electron chi connectivity index (χ2n) is 4.79. The molecule has 6 heteroatoms. The van der Waals surface area contributed by atoms with Crippen LogP contribution < -0.4 is 5.73 Å². The number of aromatic nitrogens is 2. The number of aromatic carboxylic acids is 1. The van der Waals surface area contributed by atoms with Crippen molar-refractivity contribution in [3.63, 3.8) is 0 Å². The summed E-state index contributed by atoms with van der Waals surface area (Å²) in [5.74, 6) is -0.263. The van der Waals surface area contributed by atoms with E-state index in [1.165, 1.54) is 4.88 Å². The van der Waals surface area contributed by atoms with E-state index in [4.69, 9.17) is 5.73 Å². The summed E-state index contributed by atoms with van der Waals surface area (Å²) in [5.41, 5.74) is 6.83. The number of imidazole rings is 1. The van der Waals surface area contributed by atoms with E-state index in [0.29, 0.717) is 5.69 Å². The summed E-state index contributed by atoms with van der Waals surface area (Å²) in [5, 5.41) is 9.30. The van der Waals surface area contributed by atoms with E-state index < -0.39 is 5.97 Å². The first kappa shape index (κ1) is 12.4. The van der Waals surface area contributed by atoms with E-state index in [2.05, 4.69) is 4.98 Å². The fourth-order valence-corrected chi connectivity index (χ4v) is 3.44. The van der Waals surface area contributed by atoms with Gasteiger partial charge in [-0.25, -0.2) is 9.78 Å². The number of nitrogens with two attached hydrogens (primary N) is 1. The van der Waals surface area contributed by atoms with Gasteiger partial charge in [0.1, 0.15) is 0 Å². The quantitative estimate of drug-likeness (QED) is 0.883. The molecule has 0 amide bonds. The zero-order valence-electron chi connectivity index (χ0n) is 10.6. The molecule has 0 fully saturated rings. The van der Waals surface area contributed by atoms with Crippen molar-refractivity contribution >= 4 is 17.3 Å². The summed E-state index contributed by atoms with van der Waals surface area (Å²) in [4.78, 5) is 17.8. The maximum Gasteiger partial charge on any atom is 0.356 e. The maximum atomic E-state index is 11.3. The van der Waals surface area contributed by atoms with E-state index in [0.717, 1.165) is 30.1 Å². The van der Waals surface area contributed by atoms with E-state index in [1.54, 1.807) is 11.3 Å². The summed E-state index contributed by atoms with van der Waals surface area (Å²) in [6, 6.07) is 3.77. The molecule has 3 rings (SSSR count). The van der Waals surface area contributed by atoms with Crippen LogP contribution in [-0.4, -0.2) is 20.6 Å². The Morgan fingerprint density at radius 2 is 2.37 bits per heavy atom. The van der Waals surface area contributed by atoms with Gasteiger partial charge in [-0.05, 0) is 31.9 Å². The van der Waals surface area contributed by atoms with Crippen LogP contribution in [-0.2, 0) is 6.54 Å². The predicted octanol–water partition coefficient (Wildman–Crippen LogP) is 2.41. The standard InChI is InChI=1S/C13H15N3O2S/c1-7-4-5-9(19-7)12-15-10(13(17)18)11-8(14)3-2-6-16(11)12/h4-5,8H,2-3,6,14H2,1H3,(H,17,18). The van der Waals surface area contributed by atoms with E-state index >= 15 is 0 Å². The largest absolute Gasteiger partial charge is 0.476 e. The smallest absolute Gasteiger partial charge is 0.356 e. The maximum absolute atomic E-state index is 11.3. The lowest BCUT2D eigenvalue weighted by molar-refractivity contribution is 0.0688. The van der Waals surface area contributed by atoms with Gasteiger partial charge in [-0.15, -0.1) is 11.3 Å². The molecule has 2 aromatic heterocycles. The number of rotatable bonds is 2. The molecule has 0 radical (unpaired) electrons. The van der Waals surface area contributed by atoms with Gasteiger partial charge in [0, 0.05) is 17.5 Å². The number of carboxylic acid groups (broad SMARTS) is 1. The average molecular weight is 277 g/mol. The fraction of sp³-hybridized carbons (Fsp3) is 0.385. The summed E-state index contributed by atoms with van der Waals surface area (Å²) in [6.07, 6.45) is 1.77. The molecule has 0 saturated carbocycles. The number of carbonyl (C=O) groups is 1. The van der Waals surface area contributed by atoms with Crippen LogP contribution >= 0.6 is 11.3 Å². The average Bonchev–Trinajstić information content (AvgIpc) is 2.93. The highest BCUT2D eigenvalue weighted by Crippen LogP contribution is 2.34. The molecule has 0 spiro atoms. The number of thiophene rings is 1. The Morgan fingerprint density at radius 3 is 3.00 bits per heavy atom. The van der Waals surface area contributed by atoms with Crippen LogP contribution in [0.25, 0.3) is 10.7 Å². The van der Waals surface area contributed by atoms with Gasteiger partial charge in [0.15, 0.2) is 11.5 Å². The van der Waals surface area contributed by atoms with Crippen LogP contribution in [0.4, 0.5) is 0 Å². The third-order valence-electron chi connectivity index (χ3n) is 3.42. The van der Waals surface area contributed by atoms with E-state index in [1.807, 2.05) is 23.6 Å². The Kier molecular flexibility index (Phi) is 2.91. The molecular weight excluding hydrogens is 262 g/mol. The second-order valence-corrected chi connectivity index (χ2v) is 6.07. The van der Waals surface area contributed by atoms with E-state index in [-0.39, 0.29) is 11.7 Å². The van der Waals surface area contributed by atoms with Gasteiger partial charge in [-0.2, -0.15) is 0 Å². The summed E-state index contributed by atoms with van der Waals surface area (Å²) in [7, 11) is 0. The van der Waals surface area contributed by atoms with Crippen LogP contribution in [0, 0.1) is 6.92 Å². The molecule has 1 aliphatic rings. The molecule has 0 aliphatic carbocycles. The number of hydrogen-bond acceptors (Lipinski definition) is 4. The highest BCUT2D eigenvalue weighted by molar-refractivity contribution is 7.15. The Hall–Kier alpha value is -1.66. The van der Waals surface area contributed by atoms with Gasteiger partial charge in [0.2, 0.25) is 0 Å². The SMILES string of the molecule is Cc1ccc(-c2nc(C(=O)O)c3n2CCCC3N)s1. The van der Waals surface area contributed by atoms with Crippen molar-refractivity contribution in [2.24, 2.45) is 5.73 Å². The van der Waals surface area contributed by atoms with Crippen LogP contribution in [0.1, 0.15) is 39.9 Å². The van der Waals surface area contributed by atoms with Crippen molar-refractivity contribution in [1.82, 2.24) is 9.55 Å². The molecule has 1 atom stereocenters. The van der Waals surface area contributed by atoms with Crippen molar-refractivity contribution in [2.75, 3.05) is 0 Å². The van der Waals surface area contributed by atoms with Crippen LogP contribution in [0.15, 0.2) is 12.1 Å². The van der Waals surface area contributed by atoms with Crippen molar-refractivity contribution in [3.8, 4) is 10.7 Å². The number of hydrogen-bond donors (Lipinski definition) is 2. The number of fused-ring (bicyclic) bond motifs is 1. The fourth-order valence-electron chi connectivity index (χ4n) is 2.57. The van der Waals surface area contributed by atoms with Gasteiger partial charge in [-0.3, -0.25) is 0 Å². The molecule has 3 heterocycles. The van der Waals surface area contributed by atoms with Crippen molar-refractivity contribution < 1.29 is 9.90 Å². The lowest BCUT2D eigenvalue weighted by Crippen LogP contribution is -2.23. The van der Waals surface area contributed by atoms with Gasteiger partial charge in [0.05, 0.1) is 10.6 Å². The Labute approximate surface area is 114 Å². The Bertz CT molecular complexity index is 644. The molecular formula is C13H15N3O2S. The third-order valence-corrected chi connectivity index (χ3v) is 4.41. The minimum absolute atomic E-state index is 0.105. The van der Waals surface area contributed by atoms with E-state index in [9.17, 15) is 9.90 Å². The minimum atomic E-state index is -0.999. The Balaban J connectivity index is 2.21. The van der Waals surface area contributed by atoms with Crippen LogP contribution in [0.2, 0.25) is 0 Å². The first-order valence-electron chi connectivity index (χ1n) is 6.24. The van der Waals surface area contributed by atoms with Gasteiger partial charge >= 0.3 is 5.97 Å². The molecule has 1 aliphatic heterocycles. The first-order chi connectivity index (χ1) is 9.08. The number of nitrogens with zero attached hydrogens (tertiary/aromatic N) is 2. The topological polar surface area (TPSA) is 81.1 Å². The zero-order valence-corrected chi connectivity index (χ0v) is 11.4. The van der Waals surface area contributed by atoms with Crippen molar-refractivity contribution in [1.29, 1.82) is 0 Å².